The summed E-state index contributed by atoms with van der Waals surface area (Å²) >= 11 is -0.271. The second-order valence-electron chi connectivity index (χ2n) is 2.47. The van der Waals surface area contributed by atoms with Crippen molar-refractivity contribution in [1.29, 1.82) is 0 Å². The topological polar surface area (TPSA) is 25.8 Å². The summed E-state index contributed by atoms with van der Waals surface area (Å²) in [4.78, 5) is 0. The molecule has 1 heterocycles. The van der Waals surface area contributed by atoms with Crippen molar-refractivity contribution in [3.8, 4) is 0 Å². The molecule has 0 saturated heterocycles. The first-order valence-corrected chi connectivity index (χ1v) is 4.90. The third-order valence-electron chi connectivity index (χ3n) is 1.58. The van der Waals surface area contributed by atoms with Crippen LogP contribution >= 0.6 is 0 Å². The van der Waals surface area contributed by atoms with Crippen LogP contribution in [0.1, 0.15) is 5.56 Å². The molecule has 0 unspecified atom stereocenters. The molecular weight excluding hydrogens is 248 g/mol. The summed E-state index contributed by atoms with van der Waals surface area (Å²) in [7, 11) is 0. The van der Waals surface area contributed by atoms with Gasteiger partial charge in [0.2, 0.25) is 0 Å². The molecule has 1 aromatic heterocycles. The van der Waals surface area contributed by atoms with Crippen molar-refractivity contribution in [3.05, 3.63) is 23.8 Å². The number of hydrogen-bond acceptors (Lipinski definition) is 2. The van der Waals surface area contributed by atoms with Crippen LogP contribution in [0.4, 0.5) is 13.2 Å². The zero-order valence-electron chi connectivity index (χ0n) is 6.17. The molecule has 0 atom stereocenters. The van der Waals surface area contributed by atoms with E-state index < -0.39 is 11.7 Å². The van der Waals surface area contributed by atoms with E-state index in [4.69, 9.17) is 0 Å². The predicted molar refractivity (Wildman–Crippen MR) is 41.5 cm³/mol. The van der Waals surface area contributed by atoms with Gasteiger partial charge in [-0.05, 0) is 0 Å². The van der Waals surface area contributed by atoms with Gasteiger partial charge in [0.1, 0.15) is 0 Å². The Morgan fingerprint density at radius 1 is 1.08 bits per heavy atom. The van der Waals surface area contributed by atoms with Crippen LogP contribution in [0.5, 0.6) is 0 Å². The first-order valence-electron chi connectivity index (χ1n) is 3.37. The van der Waals surface area contributed by atoms with E-state index in [2.05, 4.69) is 7.96 Å². The van der Waals surface area contributed by atoms with E-state index in [1.165, 1.54) is 6.07 Å². The summed E-state index contributed by atoms with van der Waals surface area (Å²) in [5.41, 5.74) is 0.255. The second-order valence-corrected chi connectivity index (χ2v) is 3.57. The second kappa shape index (κ2) is 2.82. The fourth-order valence-electron chi connectivity index (χ4n) is 0.958. The average molecular weight is 251 g/mol. The average Bonchev–Trinajstić information content (AvgIpc) is 2.47. The molecule has 2 nitrogen and oxygen atoms in total. The van der Waals surface area contributed by atoms with Gasteiger partial charge in [0.05, 0.1) is 0 Å². The quantitative estimate of drug-likeness (QED) is 0.666. The first kappa shape index (κ1) is 8.72. The molecule has 0 aliphatic rings. The zero-order valence-corrected chi connectivity index (χ0v) is 7.88. The molecule has 0 spiro atoms. The molecule has 2 rings (SSSR count). The Kier molecular flexibility index (Phi) is 1.89. The molecule has 2 aromatic rings. The number of alkyl halides is 3. The summed E-state index contributed by atoms with van der Waals surface area (Å²) in [5, 5.41) is 0. The van der Waals surface area contributed by atoms with Gasteiger partial charge in [-0.15, -0.1) is 0 Å². The fraction of sp³-hybridized carbons (Fsp3) is 0.143. The zero-order chi connectivity index (χ0) is 9.47. The fourth-order valence-corrected chi connectivity index (χ4v) is 2.04. The minimum absolute atomic E-state index is 0.271. The molecule has 0 aliphatic heterocycles. The van der Waals surface area contributed by atoms with Crippen molar-refractivity contribution in [2.24, 2.45) is 0 Å². The van der Waals surface area contributed by atoms with Crippen LogP contribution in [-0.4, -0.2) is 22.9 Å². The summed E-state index contributed by atoms with van der Waals surface area (Å²) in [6.45, 7) is 0. The molecular formula is C7H3F3N2Se. The van der Waals surface area contributed by atoms with E-state index in [1.54, 1.807) is 0 Å². The molecule has 0 N–H and O–H groups in total. The Labute approximate surface area is 77.6 Å². The van der Waals surface area contributed by atoms with Gasteiger partial charge in [0, 0.05) is 0 Å². The van der Waals surface area contributed by atoms with Crippen LogP contribution in [0.15, 0.2) is 18.2 Å². The van der Waals surface area contributed by atoms with E-state index in [9.17, 15) is 13.2 Å². The molecule has 0 amide bonds. The van der Waals surface area contributed by atoms with Crippen molar-refractivity contribution < 1.29 is 13.2 Å². The Balaban J connectivity index is 2.61. The van der Waals surface area contributed by atoms with Gasteiger partial charge in [-0.1, -0.05) is 0 Å². The van der Waals surface area contributed by atoms with Gasteiger partial charge in [0.15, 0.2) is 0 Å². The van der Waals surface area contributed by atoms with Gasteiger partial charge < -0.3 is 0 Å². The van der Waals surface area contributed by atoms with E-state index in [1.807, 2.05) is 0 Å². The first-order chi connectivity index (χ1) is 6.07. The number of halogens is 3. The maximum atomic E-state index is 12.2. The van der Waals surface area contributed by atoms with E-state index >= 15 is 0 Å². The van der Waals surface area contributed by atoms with Gasteiger partial charge in [-0.25, -0.2) is 0 Å². The predicted octanol–water partition coefficient (Wildman–Crippen LogP) is 1.71. The van der Waals surface area contributed by atoms with Crippen LogP contribution in [0.25, 0.3) is 11.0 Å². The summed E-state index contributed by atoms with van der Waals surface area (Å²) in [6, 6.07) is 3.42. The van der Waals surface area contributed by atoms with Gasteiger partial charge >= 0.3 is 77.1 Å². The van der Waals surface area contributed by atoms with Crippen molar-refractivity contribution in [2.75, 3.05) is 0 Å². The molecule has 0 saturated carbocycles. The van der Waals surface area contributed by atoms with Crippen LogP contribution in [-0.2, 0) is 6.18 Å². The van der Waals surface area contributed by atoms with E-state index in [0.29, 0.717) is 11.0 Å². The Morgan fingerprint density at radius 2 is 1.77 bits per heavy atom. The number of hydrogen-bond donors (Lipinski definition) is 0. The number of benzene rings is 1. The van der Waals surface area contributed by atoms with Gasteiger partial charge in [-0.3, -0.25) is 0 Å². The molecule has 1 aromatic carbocycles. The third kappa shape index (κ3) is 1.59. The van der Waals surface area contributed by atoms with E-state index in [0.717, 1.165) is 12.1 Å². The number of aromatic nitrogens is 2. The Morgan fingerprint density at radius 3 is 2.46 bits per heavy atom. The summed E-state index contributed by atoms with van der Waals surface area (Å²) < 4.78 is 44.4. The standard InChI is InChI=1S/C7H3F3N2Se/c8-7(9,10)4-1-2-5-6(3-4)12-13-11-5/h1-3H. The number of rotatable bonds is 0. The monoisotopic (exact) mass is 252 g/mol. The Bertz CT molecular complexity index is 434. The van der Waals surface area contributed by atoms with Crippen LogP contribution in [0.2, 0.25) is 0 Å². The van der Waals surface area contributed by atoms with Crippen molar-refractivity contribution in [1.82, 2.24) is 7.96 Å². The third-order valence-corrected chi connectivity index (χ3v) is 2.75. The van der Waals surface area contributed by atoms with Gasteiger partial charge in [0.25, 0.3) is 0 Å². The summed E-state index contributed by atoms with van der Waals surface area (Å²) in [6.07, 6.45) is -4.29. The number of fused-ring (bicyclic) bond motifs is 1. The molecule has 68 valence electrons. The molecule has 0 bridgehead atoms. The van der Waals surface area contributed by atoms with Crippen molar-refractivity contribution in [2.45, 2.75) is 6.18 Å². The molecule has 0 radical (unpaired) electrons. The number of nitrogens with zero attached hydrogens (tertiary/aromatic N) is 2. The molecule has 6 heteroatoms. The van der Waals surface area contributed by atoms with Gasteiger partial charge in [-0.2, -0.15) is 0 Å². The maximum absolute atomic E-state index is 12.2. The summed E-state index contributed by atoms with van der Waals surface area (Å²) in [5.74, 6) is 0. The van der Waals surface area contributed by atoms with Crippen molar-refractivity contribution >= 4 is 26.0 Å². The SMILES string of the molecule is FC(F)(F)c1ccc2n[se]nc2c1. The Hall–Kier alpha value is -0.871. The molecule has 13 heavy (non-hydrogen) atoms. The molecule has 0 aliphatic carbocycles. The van der Waals surface area contributed by atoms with Crippen LogP contribution < -0.4 is 0 Å². The molecule has 0 fully saturated rings. The normalized spacial score (nSPS) is 12.2. The minimum atomic E-state index is -4.29. The van der Waals surface area contributed by atoms with E-state index in [-0.39, 0.29) is 15.0 Å². The van der Waals surface area contributed by atoms with Crippen molar-refractivity contribution in [3.63, 3.8) is 0 Å². The van der Waals surface area contributed by atoms with Crippen LogP contribution in [0, 0.1) is 0 Å². The van der Waals surface area contributed by atoms with Crippen LogP contribution in [0.3, 0.4) is 0 Å².